The number of alkyl carbamates (subject to hydrolysis) is 1. The van der Waals surface area contributed by atoms with Crippen molar-refractivity contribution in [2.75, 3.05) is 6.61 Å². The van der Waals surface area contributed by atoms with Gasteiger partial charge in [-0.3, -0.25) is 0 Å². The molecule has 150 valence electrons. The monoisotopic (exact) mass is 415 g/mol. The molecule has 0 fully saturated rings. The minimum Gasteiger partial charge on any atom is -0.454 e. The van der Waals surface area contributed by atoms with Crippen LogP contribution in [0.4, 0.5) is 18.0 Å². The van der Waals surface area contributed by atoms with Crippen LogP contribution in [0.5, 0.6) is 0 Å². The lowest BCUT2D eigenvalue weighted by Crippen LogP contribution is -2.44. The van der Waals surface area contributed by atoms with Crippen molar-refractivity contribution in [1.29, 1.82) is 0 Å². The molecule has 0 unspecified atom stereocenters. The molecule has 0 aromatic heterocycles. The highest BCUT2D eigenvalue weighted by Gasteiger charge is 2.32. The van der Waals surface area contributed by atoms with Crippen molar-refractivity contribution in [1.82, 2.24) is 5.32 Å². The van der Waals surface area contributed by atoms with E-state index in [-0.39, 0.29) is 13.0 Å². The van der Waals surface area contributed by atoms with E-state index in [0.717, 1.165) is 0 Å². The number of amides is 1. The highest BCUT2D eigenvalue weighted by Crippen LogP contribution is 2.16. The smallest absolute Gasteiger partial charge is 0.422 e. The molecule has 5 nitrogen and oxygen atoms in total. The van der Waals surface area contributed by atoms with Gasteiger partial charge in [-0.15, -0.1) is 0 Å². The van der Waals surface area contributed by atoms with Gasteiger partial charge in [0.15, 0.2) is 6.61 Å². The summed E-state index contributed by atoms with van der Waals surface area (Å²) in [6.07, 6.45) is -5.75. The number of carbonyl (C=O) groups is 2. The number of benzene rings is 2. The third kappa shape index (κ3) is 7.87. The Balaban J connectivity index is 2.01. The molecule has 9 heteroatoms. The molecule has 0 saturated carbocycles. The highest BCUT2D eigenvalue weighted by molar-refractivity contribution is 6.30. The maximum Gasteiger partial charge on any atom is 0.422 e. The summed E-state index contributed by atoms with van der Waals surface area (Å²) in [5.41, 5.74) is 1.24. The van der Waals surface area contributed by atoms with Gasteiger partial charge in [-0.2, -0.15) is 13.2 Å². The number of hydrogen-bond acceptors (Lipinski definition) is 4. The number of carbonyl (C=O) groups excluding carboxylic acids is 2. The Labute approximate surface area is 164 Å². The molecule has 0 spiro atoms. The molecule has 0 aliphatic carbocycles. The lowest BCUT2D eigenvalue weighted by molar-refractivity contribution is -0.187. The van der Waals surface area contributed by atoms with Crippen LogP contribution in [-0.2, 0) is 27.3 Å². The fraction of sp³-hybridized carbons (Fsp3) is 0.263. The van der Waals surface area contributed by atoms with E-state index in [0.29, 0.717) is 16.1 Å². The molecular weight excluding hydrogens is 399 g/mol. The van der Waals surface area contributed by atoms with Crippen molar-refractivity contribution in [2.24, 2.45) is 0 Å². The normalized spacial score (nSPS) is 12.1. The molecule has 1 amide bonds. The third-order valence-corrected chi connectivity index (χ3v) is 3.73. The van der Waals surface area contributed by atoms with Crippen LogP contribution < -0.4 is 5.32 Å². The second-order valence-electron chi connectivity index (χ2n) is 5.82. The van der Waals surface area contributed by atoms with E-state index in [4.69, 9.17) is 16.3 Å². The molecule has 2 rings (SSSR count). The van der Waals surface area contributed by atoms with Gasteiger partial charge in [-0.25, -0.2) is 9.59 Å². The van der Waals surface area contributed by atoms with Gasteiger partial charge in [0.2, 0.25) is 0 Å². The third-order valence-electron chi connectivity index (χ3n) is 3.50. The van der Waals surface area contributed by atoms with E-state index in [1.807, 2.05) is 0 Å². The Morgan fingerprint density at radius 1 is 1.00 bits per heavy atom. The van der Waals surface area contributed by atoms with E-state index in [2.05, 4.69) is 10.1 Å². The Morgan fingerprint density at radius 2 is 1.68 bits per heavy atom. The molecule has 0 saturated heterocycles. The van der Waals surface area contributed by atoms with Gasteiger partial charge in [0.25, 0.3) is 0 Å². The van der Waals surface area contributed by atoms with E-state index in [9.17, 15) is 22.8 Å². The van der Waals surface area contributed by atoms with Gasteiger partial charge in [0.05, 0.1) is 0 Å². The minimum atomic E-state index is -4.68. The average molecular weight is 416 g/mol. The van der Waals surface area contributed by atoms with Crippen LogP contribution in [0.3, 0.4) is 0 Å². The van der Waals surface area contributed by atoms with E-state index >= 15 is 0 Å². The second-order valence-corrected chi connectivity index (χ2v) is 6.25. The van der Waals surface area contributed by atoms with Crippen molar-refractivity contribution < 1.29 is 32.2 Å². The van der Waals surface area contributed by atoms with Crippen LogP contribution in [0.2, 0.25) is 5.02 Å². The number of hydrogen-bond donors (Lipinski definition) is 1. The van der Waals surface area contributed by atoms with E-state index in [1.165, 1.54) is 6.07 Å². The Hall–Kier alpha value is -2.74. The Kier molecular flexibility index (Phi) is 7.69. The van der Waals surface area contributed by atoms with Gasteiger partial charge in [-0.05, 0) is 23.3 Å². The molecule has 0 heterocycles. The number of nitrogens with one attached hydrogen (secondary N) is 1. The standard InChI is InChI=1S/C19H17ClF3NO4/c20-15-8-4-7-14(9-15)10-16(17(25)28-12-19(21,22)23)24-18(26)27-11-13-5-2-1-3-6-13/h1-9,16H,10-12H2,(H,24,26)/t16-/m0/s1. The van der Waals surface area contributed by atoms with Crippen molar-refractivity contribution in [2.45, 2.75) is 25.2 Å². The van der Waals surface area contributed by atoms with Gasteiger partial charge in [-0.1, -0.05) is 54.1 Å². The van der Waals surface area contributed by atoms with Crippen molar-refractivity contribution in [3.05, 3.63) is 70.7 Å². The Bertz CT molecular complexity index is 799. The van der Waals surface area contributed by atoms with Gasteiger partial charge in [0, 0.05) is 11.4 Å². The van der Waals surface area contributed by atoms with Gasteiger partial charge >= 0.3 is 18.2 Å². The second kappa shape index (κ2) is 9.98. The lowest BCUT2D eigenvalue weighted by atomic mass is 10.1. The summed E-state index contributed by atoms with van der Waals surface area (Å²) < 4.78 is 46.2. The van der Waals surface area contributed by atoms with Crippen LogP contribution in [0.25, 0.3) is 0 Å². The molecule has 28 heavy (non-hydrogen) atoms. The van der Waals surface area contributed by atoms with Crippen LogP contribution in [-0.4, -0.2) is 30.9 Å². The number of alkyl halides is 3. The molecule has 0 radical (unpaired) electrons. The minimum absolute atomic E-state index is 0.0614. The van der Waals surface area contributed by atoms with Gasteiger partial charge in [0.1, 0.15) is 12.6 Å². The maximum atomic E-state index is 12.3. The highest BCUT2D eigenvalue weighted by atomic mass is 35.5. The first kappa shape index (κ1) is 21.6. The van der Waals surface area contributed by atoms with Crippen molar-refractivity contribution >= 4 is 23.7 Å². The number of halogens is 4. The zero-order valence-electron chi connectivity index (χ0n) is 14.5. The van der Waals surface area contributed by atoms with E-state index in [1.54, 1.807) is 48.5 Å². The molecule has 0 bridgehead atoms. The number of esters is 1. The molecule has 1 N–H and O–H groups in total. The first-order chi connectivity index (χ1) is 13.2. The summed E-state index contributed by atoms with van der Waals surface area (Å²) in [7, 11) is 0. The summed E-state index contributed by atoms with van der Waals surface area (Å²) in [6.45, 7) is -1.81. The van der Waals surface area contributed by atoms with Crippen LogP contribution in [0.15, 0.2) is 54.6 Å². The summed E-state index contributed by atoms with van der Waals surface area (Å²) in [5, 5.41) is 2.63. The zero-order chi connectivity index (χ0) is 20.6. The maximum absolute atomic E-state index is 12.3. The summed E-state index contributed by atoms with van der Waals surface area (Å²) in [6, 6.07) is 13.8. The summed E-state index contributed by atoms with van der Waals surface area (Å²) in [4.78, 5) is 24.1. The lowest BCUT2D eigenvalue weighted by Gasteiger charge is -2.18. The van der Waals surface area contributed by atoms with Crippen molar-refractivity contribution in [3.63, 3.8) is 0 Å². The fourth-order valence-electron chi connectivity index (χ4n) is 2.25. The average Bonchev–Trinajstić information content (AvgIpc) is 2.64. The molecule has 2 aromatic carbocycles. The quantitative estimate of drug-likeness (QED) is 0.685. The van der Waals surface area contributed by atoms with Crippen LogP contribution in [0.1, 0.15) is 11.1 Å². The molecule has 2 aromatic rings. The predicted molar refractivity (Wildman–Crippen MR) is 95.7 cm³/mol. The zero-order valence-corrected chi connectivity index (χ0v) is 15.3. The van der Waals surface area contributed by atoms with E-state index < -0.39 is 30.9 Å². The van der Waals surface area contributed by atoms with Crippen molar-refractivity contribution in [3.8, 4) is 0 Å². The first-order valence-electron chi connectivity index (χ1n) is 8.18. The number of ether oxygens (including phenoxy) is 2. The largest absolute Gasteiger partial charge is 0.454 e. The summed E-state index contributed by atoms with van der Waals surface area (Å²) in [5.74, 6) is -1.23. The molecular formula is C19H17ClF3NO4. The predicted octanol–water partition coefficient (Wildman–Crippen LogP) is 4.28. The van der Waals surface area contributed by atoms with Crippen LogP contribution >= 0.6 is 11.6 Å². The molecule has 1 atom stereocenters. The molecule has 0 aliphatic heterocycles. The fourth-order valence-corrected chi connectivity index (χ4v) is 2.47. The topological polar surface area (TPSA) is 64.6 Å². The summed E-state index contributed by atoms with van der Waals surface area (Å²) >= 11 is 5.88. The Morgan fingerprint density at radius 3 is 2.32 bits per heavy atom. The van der Waals surface area contributed by atoms with Gasteiger partial charge < -0.3 is 14.8 Å². The SMILES string of the molecule is O=C(N[C@@H](Cc1cccc(Cl)c1)C(=O)OCC(F)(F)F)OCc1ccccc1. The molecule has 0 aliphatic rings. The first-order valence-corrected chi connectivity index (χ1v) is 8.56. The number of rotatable bonds is 7. The van der Waals surface area contributed by atoms with Crippen LogP contribution in [0, 0.1) is 0 Å².